The van der Waals surface area contributed by atoms with Gasteiger partial charge in [-0.3, -0.25) is 4.90 Å². The molecule has 8 heteroatoms. The van der Waals surface area contributed by atoms with E-state index in [0.29, 0.717) is 29.8 Å². The van der Waals surface area contributed by atoms with Gasteiger partial charge in [-0.05, 0) is 47.2 Å². The van der Waals surface area contributed by atoms with Crippen molar-refractivity contribution < 1.29 is 9.26 Å². The van der Waals surface area contributed by atoms with Crippen LogP contribution in [0, 0.1) is 0 Å². The number of methoxy groups -OCH3 is 1. The summed E-state index contributed by atoms with van der Waals surface area (Å²) in [6.07, 6.45) is 0. The summed E-state index contributed by atoms with van der Waals surface area (Å²) in [5, 5.41) is 6.71. The fourth-order valence-electron chi connectivity index (χ4n) is 2.30. The summed E-state index contributed by atoms with van der Waals surface area (Å²) in [5.74, 6) is 1.98. The van der Waals surface area contributed by atoms with E-state index in [1.54, 1.807) is 18.4 Å². The second-order valence-corrected chi connectivity index (χ2v) is 7.53. The summed E-state index contributed by atoms with van der Waals surface area (Å²) in [6, 6.07) is 7.55. The highest BCUT2D eigenvalue weighted by atomic mass is 79.9. The van der Waals surface area contributed by atoms with Crippen molar-refractivity contribution in [1.82, 2.24) is 15.0 Å². The molecule has 0 radical (unpaired) electrons. The summed E-state index contributed by atoms with van der Waals surface area (Å²) < 4.78 is 11.7. The fraction of sp³-hybridized carbons (Fsp3) is 0.250. The van der Waals surface area contributed by atoms with Crippen molar-refractivity contribution in [3.05, 3.63) is 50.6 Å². The predicted molar refractivity (Wildman–Crippen MR) is 98.5 cm³/mol. The Bertz CT molecular complexity index is 836. The predicted octanol–water partition coefficient (Wildman–Crippen LogP) is 4.85. The maximum Gasteiger partial charge on any atom is 0.241 e. The number of aromatic nitrogens is 2. The van der Waals surface area contributed by atoms with E-state index >= 15 is 0 Å². The second-order valence-electron chi connectivity index (χ2n) is 5.27. The van der Waals surface area contributed by atoms with Crippen LogP contribution >= 0.6 is 38.9 Å². The molecule has 1 aromatic carbocycles. The summed E-state index contributed by atoms with van der Waals surface area (Å²) in [6.45, 7) is 1.20. The van der Waals surface area contributed by atoms with Gasteiger partial charge in [0.15, 0.2) is 0 Å². The molecule has 0 aliphatic carbocycles. The molecule has 0 bridgehead atoms. The lowest BCUT2D eigenvalue weighted by molar-refractivity contribution is 0.257. The lowest BCUT2D eigenvalue weighted by Gasteiger charge is -2.16. The Balaban J connectivity index is 1.68. The number of benzene rings is 1. The summed E-state index contributed by atoms with van der Waals surface area (Å²) in [4.78, 5) is 7.48. The van der Waals surface area contributed by atoms with Crippen molar-refractivity contribution in [2.24, 2.45) is 0 Å². The molecule has 5 nitrogen and oxygen atoms in total. The van der Waals surface area contributed by atoms with Crippen LogP contribution in [-0.2, 0) is 13.1 Å². The zero-order valence-electron chi connectivity index (χ0n) is 13.1. The molecule has 0 saturated carbocycles. The minimum atomic E-state index is 0.537. The molecule has 0 atom stereocenters. The molecule has 0 aliphatic rings. The van der Waals surface area contributed by atoms with E-state index in [0.717, 1.165) is 20.7 Å². The van der Waals surface area contributed by atoms with Crippen molar-refractivity contribution in [1.29, 1.82) is 0 Å². The topological polar surface area (TPSA) is 51.4 Å². The van der Waals surface area contributed by atoms with Gasteiger partial charge >= 0.3 is 0 Å². The van der Waals surface area contributed by atoms with Crippen LogP contribution in [0.25, 0.3) is 10.7 Å². The quantitative estimate of drug-likeness (QED) is 0.561. The number of halogens is 2. The molecule has 0 aliphatic heterocycles. The number of hydrogen-bond acceptors (Lipinski definition) is 6. The van der Waals surface area contributed by atoms with Crippen LogP contribution in [0.3, 0.4) is 0 Å². The van der Waals surface area contributed by atoms with Crippen LogP contribution in [0.5, 0.6) is 5.75 Å². The van der Waals surface area contributed by atoms with Crippen LogP contribution in [0.15, 0.2) is 38.6 Å². The van der Waals surface area contributed by atoms with Crippen molar-refractivity contribution in [3.63, 3.8) is 0 Å². The van der Waals surface area contributed by atoms with Gasteiger partial charge in [-0.1, -0.05) is 16.8 Å². The normalized spacial score (nSPS) is 11.2. The molecule has 0 saturated heterocycles. The van der Waals surface area contributed by atoms with Gasteiger partial charge in [0.2, 0.25) is 11.7 Å². The molecule has 0 amide bonds. The van der Waals surface area contributed by atoms with Crippen LogP contribution in [0.2, 0.25) is 5.02 Å². The molecule has 0 spiro atoms. The highest BCUT2D eigenvalue weighted by Crippen LogP contribution is 2.28. The van der Waals surface area contributed by atoms with E-state index in [2.05, 4.69) is 31.0 Å². The third-order valence-corrected chi connectivity index (χ3v) is 5.27. The summed E-state index contributed by atoms with van der Waals surface area (Å²) in [5.41, 5.74) is 1.01. The molecule has 2 aromatic heterocycles. The first kappa shape index (κ1) is 17.4. The highest BCUT2D eigenvalue weighted by molar-refractivity contribution is 9.10. The second kappa shape index (κ2) is 7.65. The van der Waals surface area contributed by atoms with Crippen molar-refractivity contribution in [2.75, 3.05) is 14.2 Å². The molecule has 2 heterocycles. The van der Waals surface area contributed by atoms with Gasteiger partial charge in [0.25, 0.3) is 0 Å². The Morgan fingerprint density at radius 1 is 1.33 bits per heavy atom. The van der Waals surface area contributed by atoms with E-state index in [4.69, 9.17) is 20.9 Å². The van der Waals surface area contributed by atoms with Gasteiger partial charge < -0.3 is 9.26 Å². The van der Waals surface area contributed by atoms with Gasteiger partial charge in [-0.2, -0.15) is 4.98 Å². The van der Waals surface area contributed by atoms with Crippen LogP contribution in [0.4, 0.5) is 0 Å². The van der Waals surface area contributed by atoms with E-state index < -0.39 is 0 Å². The Morgan fingerprint density at radius 3 is 2.88 bits per heavy atom. The van der Waals surface area contributed by atoms with E-state index in [1.807, 2.05) is 36.7 Å². The zero-order valence-corrected chi connectivity index (χ0v) is 16.3. The van der Waals surface area contributed by atoms with Crippen LogP contribution in [-0.4, -0.2) is 29.2 Å². The van der Waals surface area contributed by atoms with Gasteiger partial charge in [0.05, 0.1) is 18.5 Å². The largest absolute Gasteiger partial charge is 0.496 e. The first-order chi connectivity index (χ1) is 11.5. The smallest absolute Gasteiger partial charge is 0.241 e. The monoisotopic (exact) mass is 427 g/mol. The summed E-state index contributed by atoms with van der Waals surface area (Å²) >= 11 is 11.1. The van der Waals surface area contributed by atoms with Crippen molar-refractivity contribution >= 4 is 38.9 Å². The number of rotatable bonds is 6. The number of ether oxygens (including phenoxy) is 1. The molecule has 126 valence electrons. The molecule has 0 unspecified atom stereocenters. The molecule has 0 fully saturated rings. The molecule has 3 aromatic rings. The molecule has 0 N–H and O–H groups in total. The minimum Gasteiger partial charge on any atom is -0.496 e. The van der Waals surface area contributed by atoms with Crippen LogP contribution in [0.1, 0.15) is 11.5 Å². The van der Waals surface area contributed by atoms with E-state index in [-0.39, 0.29) is 0 Å². The molecule has 3 rings (SSSR count). The van der Waals surface area contributed by atoms with E-state index in [9.17, 15) is 0 Å². The van der Waals surface area contributed by atoms with Crippen LogP contribution < -0.4 is 4.74 Å². The number of thiophene rings is 1. The standard InChI is InChI=1S/C16H15BrClN3O2S/c1-21(7-10-5-12(18)3-4-13(10)22-2)8-15-19-16(20-23-15)14-6-11(17)9-24-14/h3-6,9H,7-8H2,1-2H3. The van der Waals surface area contributed by atoms with Crippen molar-refractivity contribution in [3.8, 4) is 16.5 Å². The Kier molecular flexibility index (Phi) is 5.55. The lowest BCUT2D eigenvalue weighted by Crippen LogP contribution is -2.18. The average molecular weight is 429 g/mol. The average Bonchev–Trinajstić information content (AvgIpc) is 3.16. The Morgan fingerprint density at radius 2 is 2.17 bits per heavy atom. The first-order valence-electron chi connectivity index (χ1n) is 7.13. The minimum absolute atomic E-state index is 0.537. The Hall–Kier alpha value is -1.41. The van der Waals surface area contributed by atoms with Crippen molar-refractivity contribution in [2.45, 2.75) is 13.1 Å². The van der Waals surface area contributed by atoms with Gasteiger partial charge in [-0.25, -0.2) is 0 Å². The third kappa shape index (κ3) is 4.16. The van der Waals surface area contributed by atoms with E-state index in [1.165, 1.54) is 0 Å². The Labute approximate surface area is 157 Å². The summed E-state index contributed by atoms with van der Waals surface area (Å²) in [7, 11) is 3.63. The first-order valence-corrected chi connectivity index (χ1v) is 9.18. The van der Waals surface area contributed by atoms with Gasteiger partial charge in [-0.15, -0.1) is 11.3 Å². The fourth-order valence-corrected chi connectivity index (χ4v) is 3.84. The number of nitrogens with zero attached hydrogens (tertiary/aromatic N) is 3. The molecule has 24 heavy (non-hydrogen) atoms. The molecular formula is C16H15BrClN3O2S. The SMILES string of the molecule is COc1ccc(Cl)cc1CN(C)Cc1nc(-c2cc(Br)cs2)no1. The molecular weight excluding hydrogens is 414 g/mol. The lowest BCUT2D eigenvalue weighted by atomic mass is 10.2. The van der Waals surface area contributed by atoms with Gasteiger partial charge in [0.1, 0.15) is 5.75 Å². The number of hydrogen-bond donors (Lipinski definition) is 0. The maximum atomic E-state index is 6.07. The highest BCUT2D eigenvalue weighted by Gasteiger charge is 2.14. The van der Waals surface area contributed by atoms with Gasteiger partial charge in [0, 0.05) is 27.0 Å². The zero-order chi connectivity index (χ0) is 17.1. The maximum absolute atomic E-state index is 6.07. The third-order valence-electron chi connectivity index (χ3n) is 3.34.